The standard InChI is InChI=1S/C51H30N4.C2H6/c1-3-14-31(15-4-1)49-52-50(32-16-5-2-6-17-32)54-51(53-49)45-30-43-37-21-10-8-19-35(37)34-18-7-9-20-36(34)42(43)29-41(45)33-26-27-47-44(28-33)40-24-13-23-39-38-22-11-12-25-46(38)55(47)48(39)40;1-2/h1-30H;1-2H3. The highest BCUT2D eigenvalue weighted by molar-refractivity contribution is 6.27. The van der Waals surface area contributed by atoms with Gasteiger partial charge in [0.2, 0.25) is 0 Å². The summed E-state index contributed by atoms with van der Waals surface area (Å²) in [7, 11) is 0. The maximum absolute atomic E-state index is 5.27. The van der Waals surface area contributed by atoms with Crippen LogP contribution in [-0.4, -0.2) is 19.4 Å². The lowest BCUT2D eigenvalue weighted by molar-refractivity contribution is 1.07. The van der Waals surface area contributed by atoms with E-state index in [4.69, 9.17) is 15.0 Å². The number of nitrogens with zero attached hydrogens (tertiary/aromatic N) is 4. The van der Waals surface area contributed by atoms with Crippen LogP contribution in [0.2, 0.25) is 0 Å². The molecule has 268 valence electrons. The lowest BCUT2D eigenvalue weighted by atomic mass is 9.88. The van der Waals surface area contributed by atoms with Crippen molar-refractivity contribution in [3.05, 3.63) is 182 Å². The molecule has 12 rings (SSSR count). The first-order chi connectivity index (χ1) is 28.3. The van der Waals surface area contributed by atoms with Gasteiger partial charge in [0.15, 0.2) is 17.5 Å². The lowest BCUT2D eigenvalue weighted by Crippen LogP contribution is -2.01. The SMILES string of the molecule is CC.c1ccc(-c2nc(-c3ccccc3)nc(-c3cc4c5ccccc5c5ccccc5c4cc3-c3ccc4c(c3)c3cccc5c6ccccc6n4c53)n2)cc1. The number of aromatic nitrogens is 4. The molecule has 0 unspecified atom stereocenters. The minimum atomic E-state index is 0.640. The van der Waals surface area contributed by atoms with Crippen molar-refractivity contribution in [2.45, 2.75) is 13.8 Å². The predicted molar refractivity (Wildman–Crippen MR) is 240 cm³/mol. The van der Waals surface area contributed by atoms with Crippen molar-refractivity contribution >= 4 is 70.4 Å². The van der Waals surface area contributed by atoms with E-state index in [1.807, 2.05) is 50.2 Å². The average molecular weight is 729 g/mol. The number of para-hydroxylation sites is 2. The second-order valence-corrected chi connectivity index (χ2v) is 14.4. The molecule has 0 saturated carbocycles. The fourth-order valence-electron chi connectivity index (χ4n) is 8.90. The zero-order chi connectivity index (χ0) is 38.0. The van der Waals surface area contributed by atoms with E-state index in [-0.39, 0.29) is 0 Å². The Balaban J connectivity index is 0.00000184. The monoisotopic (exact) mass is 728 g/mol. The maximum Gasteiger partial charge on any atom is 0.164 e. The molecule has 0 fully saturated rings. The van der Waals surface area contributed by atoms with Crippen molar-refractivity contribution in [3.8, 4) is 45.3 Å². The molecule has 0 atom stereocenters. The van der Waals surface area contributed by atoms with Crippen LogP contribution in [0.5, 0.6) is 0 Å². The fraction of sp³-hybridized carbons (Fsp3) is 0.0377. The molecule has 0 aliphatic heterocycles. The van der Waals surface area contributed by atoms with Crippen molar-refractivity contribution in [3.63, 3.8) is 0 Å². The van der Waals surface area contributed by atoms with Gasteiger partial charge in [0.25, 0.3) is 0 Å². The summed E-state index contributed by atoms with van der Waals surface area (Å²) in [5, 5.41) is 12.3. The average Bonchev–Trinajstić information content (AvgIpc) is 3.82. The molecule has 4 heteroatoms. The summed E-state index contributed by atoms with van der Waals surface area (Å²) < 4.78 is 2.43. The van der Waals surface area contributed by atoms with E-state index in [0.29, 0.717) is 17.5 Å². The molecule has 0 aliphatic carbocycles. The van der Waals surface area contributed by atoms with E-state index in [0.717, 1.165) is 27.8 Å². The highest BCUT2D eigenvalue weighted by Gasteiger charge is 2.21. The number of hydrogen-bond donors (Lipinski definition) is 0. The second-order valence-electron chi connectivity index (χ2n) is 14.4. The van der Waals surface area contributed by atoms with Gasteiger partial charge in [-0.2, -0.15) is 0 Å². The van der Waals surface area contributed by atoms with Crippen LogP contribution in [0.15, 0.2) is 182 Å². The summed E-state index contributed by atoms with van der Waals surface area (Å²) in [4.78, 5) is 15.6. The molecule has 0 bridgehead atoms. The quantitative estimate of drug-likeness (QED) is 0.169. The Bertz CT molecular complexity index is 3420. The van der Waals surface area contributed by atoms with E-state index in [9.17, 15) is 0 Å². The largest absolute Gasteiger partial charge is 0.308 e. The smallest absolute Gasteiger partial charge is 0.164 e. The summed E-state index contributed by atoms with van der Waals surface area (Å²) in [5.74, 6) is 1.93. The van der Waals surface area contributed by atoms with Crippen LogP contribution in [0.3, 0.4) is 0 Å². The highest BCUT2D eigenvalue weighted by Crippen LogP contribution is 2.44. The molecule has 3 aromatic heterocycles. The number of fused-ring (bicyclic) bond motifs is 12. The molecule has 9 aromatic carbocycles. The van der Waals surface area contributed by atoms with Crippen LogP contribution in [0.25, 0.3) is 116 Å². The van der Waals surface area contributed by atoms with E-state index in [2.05, 4.69) is 150 Å². The van der Waals surface area contributed by atoms with Crippen LogP contribution < -0.4 is 0 Å². The molecule has 0 amide bonds. The van der Waals surface area contributed by atoms with E-state index in [1.54, 1.807) is 0 Å². The van der Waals surface area contributed by atoms with Crippen molar-refractivity contribution in [2.75, 3.05) is 0 Å². The van der Waals surface area contributed by atoms with Gasteiger partial charge >= 0.3 is 0 Å². The molecule has 0 spiro atoms. The van der Waals surface area contributed by atoms with Gasteiger partial charge in [-0.1, -0.05) is 166 Å². The van der Waals surface area contributed by atoms with Gasteiger partial charge in [0.05, 0.1) is 16.6 Å². The number of hydrogen-bond acceptors (Lipinski definition) is 3. The van der Waals surface area contributed by atoms with Crippen LogP contribution in [0, 0.1) is 0 Å². The Labute approximate surface area is 329 Å². The zero-order valence-electron chi connectivity index (χ0n) is 31.6. The Kier molecular flexibility index (Phi) is 7.58. The Morgan fingerprint density at radius 1 is 0.298 bits per heavy atom. The van der Waals surface area contributed by atoms with Gasteiger partial charge in [-0.15, -0.1) is 0 Å². The topological polar surface area (TPSA) is 43.1 Å². The van der Waals surface area contributed by atoms with Gasteiger partial charge in [-0.05, 0) is 73.8 Å². The maximum atomic E-state index is 5.27. The zero-order valence-corrected chi connectivity index (χ0v) is 31.6. The van der Waals surface area contributed by atoms with E-state index >= 15 is 0 Å². The Morgan fingerprint density at radius 3 is 1.33 bits per heavy atom. The molecular weight excluding hydrogens is 693 g/mol. The van der Waals surface area contributed by atoms with E-state index < -0.39 is 0 Å². The molecular formula is C53H36N4. The molecule has 57 heavy (non-hydrogen) atoms. The first-order valence-electron chi connectivity index (χ1n) is 19.7. The van der Waals surface area contributed by atoms with Gasteiger partial charge in [-0.25, -0.2) is 15.0 Å². The second kappa shape index (κ2) is 13.1. The molecule has 0 N–H and O–H groups in total. The Morgan fingerprint density at radius 2 is 0.737 bits per heavy atom. The first-order valence-corrected chi connectivity index (χ1v) is 19.7. The summed E-state index contributed by atoms with van der Waals surface area (Å²) in [5.41, 5.74) is 8.75. The lowest BCUT2D eigenvalue weighted by Gasteiger charge is -2.17. The van der Waals surface area contributed by atoms with Crippen molar-refractivity contribution in [1.82, 2.24) is 19.4 Å². The van der Waals surface area contributed by atoms with Crippen molar-refractivity contribution < 1.29 is 0 Å². The number of rotatable bonds is 4. The highest BCUT2D eigenvalue weighted by atomic mass is 15.0. The predicted octanol–water partition coefficient (Wildman–Crippen LogP) is 14.2. The van der Waals surface area contributed by atoms with Crippen LogP contribution in [0.1, 0.15) is 13.8 Å². The Hall–Kier alpha value is -7.43. The summed E-state index contributed by atoms with van der Waals surface area (Å²) >= 11 is 0. The van der Waals surface area contributed by atoms with Gasteiger partial charge < -0.3 is 4.40 Å². The van der Waals surface area contributed by atoms with Crippen LogP contribution in [0.4, 0.5) is 0 Å². The molecule has 0 aliphatic rings. The molecule has 0 saturated heterocycles. The molecule has 3 heterocycles. The third-order valence-corrected chi connectivity index (χ3v) is 11.4. The minimum Gasteiger partial charge on any atom is -0.308 e. The first kappa shape index (κ1) is 33.0. The summed E-state index contributed by atoms with van der Waals surface area (Å²) in [6, 6.07) is 65.0. The fourth-order valence-corrected chi connectivity index (χ4v) is 8.90. The van der Waals surface area contributed by atoms with Gasteiger partial charge in [0, 0.05) is 38.2 Å². The van der Waals surface area contributed by atoms with E-state index in [1.165, 1.54) is 70.4 Å². The van der Waals surface area contributed by atoms with Gasteiger partial charge in [0.1, 0.15) is 0 Å². The molecule has 0 radical (unpaired) electrons. The molecule has 4 nitrogen and oxygen atoms in total. The van der Waals surface area contributed by atoms with Gasteiger partial charge in [-0.3, -0.25) is 0 Å². The minimum absolute atomic E-state index is 0.640. The number of benzene rings is 9. The normalized spacial score (nSPS) is 11.7. The summed E-state index contributed by atoms with van der Waals surface area (Å²) in [6.07, 6.45) is 0. The van der Waals surface area contributed by atoms with Crippen molar-refractivity contribution in [1.29, 1.82) is 0 Å². The van der Waals surface area contributed by atoms with Crippen LogP contribution >= 0.6 is 0 Å². The summed E-state index contributed by atoms with van der Waals surface area (Å²) in [6.45, 7) is 4.00. The van der Waals surface area contributed by atoms with Crippen molar-refractivity contribution in [2.24, 2.45) is 0 Å². The third kappa shape index (κ3) is 5.04. The van der Waals surface area contributed by atoms with Crippen LogP contribution in [-0.2, 0) is 0 Å². The third-order valence-electron chi connectivity index (χ3n) is 11.4. The molecule has 12 aromatic rings.